The van der Waals surface area contributed by atoms with Gasteiger partial charge in [0.2, 0.25) is 0 Å². The lowest BCUT2D eigenvalue weighted by Crippen LogP contribution is -2.20. The van der Waals surface area contributed by atoms with E-state index in [1.165, 1.54) is 0 Å². The molecule has 0 N–H and O–H groups in total. The van der Waals surface area contributed by atoms with Crippen molar-refractivity contribution in [3.8, 4) is 0 Å². The summed E-state index contributed by atoms with van der Waals surface area (Å²) in [4.78, 5) is 13.3. The third kappa shape index (κ3) is 3.38. The molecule has 0 spiro atoms. The molecule has 0 bridgehead atoms. The van der Waals surface area contributed by atoms with Crippen LogP contribution in [0.5, 0.6) is 0 Å². The van der Waals surface area contributed by atoms with Crippen molar-refractivity contribution in [2.75, 3.05) is 6.61 Å². The number of rotatable bonds is 6. The largest absolute Gasteiger partial charge is 0.320 e. The van der Waals surface area contributed by atoms with Crippen molar-refractivity contribution < 1.29 is 13.9 Å². The molecule has 0 aromatic heterocycles. The molecular formula is C20H25O3P. The van der Waals surface area contributed by atoms with Gasteiger partial charge in [0.15, 0.2) is 0 Å². The van der Waals surface area contributed by atoms with Crippen molar-refractivity contribution in [2.45, 2.75) is 41.0 Å². The summed E-state index contributed by atoms with van der Waals surface area (Å²) in [5.41, 5.74) is 3.77. The summed E-state index contributed by atoms with van der Waals surface area (Å²) in [7, 11) is -3.65. The second kappa shape index (κ2) is 7.46. The highest BCUT2D eigenvalue weighted by Crippen LogP contribution is 2.50. The molecule has 2 rings (SSSR count). The zero-order valence-corrected chi connectivity index (χ0v) is 15.9. The summed E-state index contributed by atoms with van der Waals surface area (Å²) in [5.74, 6) is 0. The molecule has 1 atom stereocenters. The van der Waals surface area contributed by atoms with Gasteiger partial charge in [-0.1, -0.05) is 42.8 Å². The molecule has 1 unspecified atom stereocenters. The molecule has 0 heterocycles. The Morgan fingerprint density at radius 1 is 1.04 bits per heavy atom. The molecule has 0 amide bonds. The maximum Gasteiger partial charge on any atom is 0.301 e. The number of benzene rings is 2. The van der Waals surface area contributed by atoms with Crippen LogP contribution in [0.2, 0.25) is 0 Å². The topological polar surface area (TPSA) is 43.4 Å². The van der Waals surface area contributed by atoms with Crippen LogP contribution in [0.1, 0.15) is 46.5 Å². The van der Waals surface area contributed by atoms with Gasteiger partial charge in [0.05, 0.1) is 6.61 Å². The first-order valence-corrected chi connectivity index (χ1v) is 9.93. The molecule has 0 radical (unpaired) electrons. The first kappa shape index (κ1) is 18.6. The molecule has 0 saturated heterocycles. The first-order valence-electron chi connectivity index (χ1n) is 8.30. The fourth-order valence-electron chi connectivity index (χ4n) is 3.18. The summed E-state index contributed by atoms with van der Waals surface area (Å²) in [6.45, 7) is 9.74. The molecule has 0 aliphatic carbocycles. The quantitative estimate of drug-likeness (QED) is 0.696. The minimum Gasteiger partial charge on any atom is -0.320 e. The summed E-state index contributed by atoms with van der Waals surface area (Å²) < 4.78 is 19.3. The Bertz CT molecular complexity index is 785. The van der Waals surface area contributed by atoms with Crippen molar-refractivity contribution in [2.24, 2.45) is 0 Å². The lowest BCUT2D eigenvalue weighted by molar-refractivity contribution is 0.105. The Labute approximate surface area is 144 Å². The van der Waals surface area contributed by atoms with Gasteiger partial charge in [0.25, 0.3) is 5.52 Å². The van der Waals surface area contributed by atoms with E-state index in [1.807, 2.05) is 58.0 Å². The minimum absolute atomic E-state index is 0.227. The van der Waals surface area contributed by atoms with Crippen LogP contribution < -0.4 is 5.30 Å². The second-order valence-corrected chi connectivity index (χ2v) is 8.28. The zero-order chi connectivity index (χ0) is 17.9. The SMILES string of the molecule is CCOP(=O)(C(=O)c1c(C)cc(C)cc1C)c1ccccc1CC. The maximum absolute atomic E-state index is 13.7. The fraction of sp³-hybridized carbons (Fsp3) is 0.350. The average molecular weight is 344 g/mol. The highest BCUT2D eigenvalue weighted by Gasteiger charge is 2.38. The van der Waals surface area contributed by atoms with E-state index in [-0.39, 0.29) is 6.61 Å². The predicted molar refractivity (Wildman–Crippen MR) is 99.7 cm³/mol. The van der Waals surface area contributed by atoms with Crippen LogP contribution in [0.25, 0.3) is 0 Å². The number of carbonyl (C=O) groups is 1. The normalized spacial score (nSPS) is 13.5. The van der Waals surface area contributed by atoms with Crippen molar-refractivity contribution in [3.63, 3.8) is 0 Å². The van der Waals surface area contributed by atoms with Crippen LogP contribution in [-0.2, 0) is 15.5 Å². The Kier molecular flexibility index (Phi) is 5.79. The second-order valence-electron chi connectivity index (χ2n) is 6.03. The Morgan fingerprint density at radius 3 is 2.17 bits per heavy atom. The number of carbonyl (C=O) groups excluding carboxylic acids is 1. The third-order valence-corrected chi connectivity index (χ3v) is 6.61. The first-order chi connectivity index (χ1) is 11.3. The number of aryl methyl sites for hydroxylation is 4. The fourth-order valence-corrected chi connectivity index (χ4v) is 5.56. The molecule has 4 heteroatoms. The van der Waals surface area contributed by atoms with E-state index in [0.29, 0.717) is 17.3 Å². The maximum atomic E-state index is 13.7. The molecule has 0 fully saturated rings. The average Bonchev–Trinajstić information content (AvgIpc) is 2.53. The van der Waals surface area contributed by atoms with E-state index in [9.17, 15) is 9.36 Å². The lowest BCUT2D eigenvalue weighted by atomic mass is 10.0. The van der Waals surface area contributed by atoms with Crippen LogP contribution in [0, 0.1) is 20.8 Å². The van der Waals surface area contributed by atoms with Gasteiger partial charge in [-0.2, -0.15) is 0 Å². The third-order valence-electron chi connectivity index (χ3n) is 4.16. The van der Waals surface area contributed by atoms with E-state index in [0.717, 1.165) is 22.3 Å². The standard InChI is InChI=1S/C20H25O3P/c1-6-17-10-8-9-11-18(17)24(22,23-7-2)20(21)19-15(4)12-14(3)13-16(19)5/h8-13H,6-7H2,1-5H3. The van der Waals surface area contributed by atoms with E-state index in [1.54, 1.807) is 13.0 Å². The summed E-state index contributed by atoms with van der Waals surface area (Å²) >= 11 is 0. The van der Waals surface area contributed by atoms with Gasteiger partial charge in [-0.3, -0.25) is 9.36 Å². The number of hydrogen-bond donors (Lipinski definition) is 0. The smallest absolute Gasteiger partial charge is 0.301 e. The van der Waals surface area contributed by atoms with Gasteiger partial charge in [0, 0.05) is 10.9 Å². The highest BCUT2D eigenvalue weighted by molar-refractivity contribution is 7.83. The Morgan fingerprint density at radius 2 is 1.62 bits per heavy atom. The van der Waals surface area contributed by atoms with Gasteiger partial charge in [-0.25, -0.2) is 0 Å². The molecule has 0 aliphatic heterocycles. The zero-order valence-electron chi connectivity index (χ0n) is 15.1. The molecule has 2 aromatic carbocycles. The van der Waals surface area contributed by atoms with Crippen LogP contribution >= 0.6 is 7.37 Å². The van der Waals surface area contributed by atoms with E-state index in [4.69, 9.17) is 4.52 Å². The van der Waals surface area contributed by atoms with Gasteiger partial charge in [-0.05, 0) is 56.9 Å². The van der Waals surface area contributed by atoms with E-state index < -0.39 is 12.9 Å². The monoisotopic (exact) mass is 344 g/mol. The molecule has 2 aromatic rings. The Balaban J connectivity index is 2.67. The van der Waals surface area contributed by atoms with Crippen molar-refractivity contribution in [1.29, 1.82) is 0 Å². The number of hydrogen-bond acceptors (Lipinski definition) is 3. The van der Waals surface area contributed by atoms with E-state index >= 15 is 0 Å². The molecule has 0 aliphatic rings. The molecule has 3 nitrogen and oxygen atoms in total. The van der Waals surface area contributed by atoms with Crippen molar-refractivity contribution in [3.05, 3.63) is 64.2 Å². The summed E-state index contributed by atoms with van der Waals surface area (Å²) in [6.07, 6.45) is 0.701. The Hall–Kier alpha value is -1.70. The van der Waals surface area contributed by atoms with Gasteiger partial charge in [-0.15, -0.1) is 0 Å². The van der Waals surface area contributed by atoms with E-state index in [2.05, 4.69) is 0 Å². The van der Waals surface area contributed by atoms with Crippen molar-refractivity contribution in [1.82, 2.24) is 0 Å². The summed E-state index contributed by atoms with van der Waals surface area (Å²) in [6, 6.07) is 11.3. The van der Waals surface area contributed by atoms with Gasteiger partial charge in [0.1, 0.15) is 0 Å². The molecule has 24 heavy (non-hydrogen) atoms. The summed E-state index contributed by atoms with van der Waals surface area (Å²) in [5, 5.41) is 0.527. The molecule has 0 saturated carbocycles. The minimum atomic E-state index is -3.65. The molecular weight excluding hydrogens is 319 g/mol. The van der Waals surface area contributed by atoms with Gasteiger partial charge >= 0.3 is 7.37 Å². The van der Waals surface area contributed by atoms with Crippen LogP contribution in [0.15, 0.2) is 36.4 Å². The van der Waals surface area contributed by atoms with Crippen molar-refractivity contribution >= 4 is 18.2 Å². The highest BCUT2D eigenvalue weighted by atomic mass is 31.2. The predicted octanol–water partition coefficient (Wildman–Crippen LogP) is 4.95. The van der Waals surface area contributed by atoms with Gasteiger partial charge < -0.3 is 4.52 Å². The lowest BCUT2D eigenvalue weighted by Gasteiger charge is -2.21. The van der Waals surface area contributed by atoms with Crippen LogP contribution in [-0.4, -0.2) is 12.1 Å². The van der Waals surface area contributed by atoms with Crippen LogP contribution in [0.4, 0.5) is 0 Å². The molecule has 128 valence electrons. The van der Waals surface area contributed by atoms with Crippen LogP contribution in [0.3, 0.4) is 0 Å².